The SMILES string of the molecule is CS(=O)(=O)C1Nc2ccc(F)cc2C12CCNCC2. The van der Waals surface area contributed by atoms with E-state index in [4.69, 9.17) is 0 Å². The molecule has 0 radical (unpaired) electrons. The van der Waals surface area contributed by atoms with Crippen LogP contribution in [-0.2, 0) is 15.3 Å². The predicted octanol–water partition coefficient (Wildman–Crippen LogP) is 1.24. The quantitative estimate of drug-likeness (QED) is 0.815. The van der Waals surface area contributed by atoms with Gasteiger partial charge >= 0.3 is 0 Å². The smallest absolute Gasteiger partial charge is 0.169 e. The van der Waals surface area contributed by atoms with Crippen LogP contribution in [0.5, 0.6) is 0 Å². The number of benzene rings is 1. The summed E-state index contributed by atoms with van der Waals surface area (Å²) in [5.41, 5.74) is 1.05. The Hall–Kier alpha value is -1.14. The van der Waals surface area contributed by atoms with Gasteiger partial charge in [-0.25, -0.2) is 12.8 Å². The first-order valence-electron chi connectivity index (χ1n) is 6.40. The Morgan fingerprint density at radius 1 is 1.32 bits per heavy atom. The van der Waals surface area contributed by atoms with Gasteiger partial charge in [-0.05, 0) is 49.7 Å². The molecule has 1 fully saturated rings. The lowest BCUT2D eigenvalue weighted by Crippen LogP contribution is -2.50. The molecule has 1 aromatic carbocycles. The molecule has 2 N–H and O–H groups in total. The molecule has 1 spiro atoms. The van der Waals surface area contributed by atoms with Crippen LogP contribution >= 0.6 is 0 Å². The number of fused-ring (bicyclic) bond motifs is 2. The van der Waals surface area contributed by atoms with Gasteiger partial charge in [-0.15, -0.1) is 0 Å². The van der Waals surface area contributed by atoms with Crippen LogP contribution in [0.25, 0.3) is 0 Å². The van der Waals surface area contributed by atoms with Gasteiger partial charge in [-0.3, -0.25) is 0 Å². The Balaban J connectivity index is 2.17. The number of piperidine rings is 1. The van der Waals surface area contributed by atoms with Gasteiger partial charge in [-0.2, -0.15) is 0 Å². The van der Waals surface area contributed by atoms with Crippen molar-refractivity contribution in [2.24, 2.45) is 0 Å². The highest BCUT2D eigenvalue weighted by molar-refractivity contribution is 7.91. The zero-order valence-electron chi connectivity index (χ0n) is 10.7. The van der Waals surface area contributed by atoms with Gasteiger partial charge in [0.15, 0.2) is 9.84 Å². The third-order valence-corrected chi connectivity index (χ3v) is 5.66. The molecule has 19 heavy (non-hydrogen) atoms. The van der Waals surface area contributed by atoms with E-state index < -0.39 is 20.6 Å². The molecule has 2 heterocycles. The van der Waals surface area contributed by atoms with Crippen molar-refractivity contribution in [1.29, 1.82) is 0 Å². The molecule has 0 saturated carbocycles. The highest BCUT2D eigenvalue weighted by Crippen LogP contribution is 2.48. The fourth-order valence-corrected chi connectivity index (χ4v) is 4.92. The average Bonchev–Trinajstić information content (AvgIpc) is 2.65. The van der Waals surface area contributed by atoms with Crippen molar-refractivity contribution in [3.63, 3.8) is 0 Å². The minimum atomic E-state index is -3.25. The first-order valence-corrected chi connectivity index (χ1v) is 8.35. The maximum absolute atomic E-state index is 13.5. The summed E-state index contributed by atoms with van der Waals surface area (Å²) in [5, 5.41) is 5.66. The second-order valence-electron chi connectivity index (χ2n) is 5.45. The van der Waals surface area contributed by atoms with E-state index in [0.717, 1.165) is 24.3 Å². The Labute approximate surface area is 112 Å². The highest BCUT2D eigenvalue weighted by atomic mass is 32.2. The molecule has 1 unspecified atom stereocenters. The number of hydrogen-bond donors (Lipinski definition) is 2. The van der Waals surface area contributed by atoms with Crippen LogP contribution in [0.4, 0.5) is 10.1 Å². The van der Waals surface area contributed by atoms with Gasteiger partial charge in [0.05, 0.1) is 0 Å². The molecule has 1 saturated heterocycles. The van der Waals surface area contributed by atoms with Crippen LogP contribution in [0.1, 0.15) is 18.4 Å². The number of anilines is 1. The molecule has 104 valence electrons. The van der Waals surface area contributed by atoms with Crippen LogP contribution < -0.4 is 10.6 Å². The minimum absolute atomic E-state index is 0.312. The lowest BCUT2D eigenvalue weighted by atomic mass is 9.74. The standard InChI is InChI=1S/C13H17FN2O2S/c1-19(17,18)12-13(4-6-15-7-5-13)10-8-9(14)2-3-11(10)16-12/h2-3,8,12,15-16H,4-7H2,1H3. The fraction of sp³-hybridized carbons (Fsp3) is 0.538. The number of nitrogens with one attached hydrogen (secondary N) is 2. The van der Waals surface area contributed by atoms with Crippen molar-refractivity contribution in [1.82, 2.24) is 5.32 Å². The lowest BCUT2D eigenvalue weighted by molar-refractivity contribution is 0.314. The summed E-state index contributed by atoms with van der Waals surface area (Å²) in [6, 6.07) is 4.49. The van der Waals surface area contributed by atoms with Crippen molar-refractivity contribution in [2.75, 3.05) is 24.7 Å². The van der Waals surface area contributed by atoms with E-state index in [9.17, 15) is 12.8 Å². The summed E-state index contributed by atoms with van der Waals surface area (Å²) in [4.78, 5) is 0. The molecule has 1 aromatic rings. The van der Waals surface area contributed by atoms with Crippen LogP contribution in [-0.4, -0.2) is 33.1 Å². The summed E-state index contributed by atoms with van der Waals surface area (Å²) >= 11 is 0. The molecule has 2 aliphatic heterocycles. The van der Waals surface area contributed by atoms with E-state index in [-0.39, 0.29) is 5.82 Å². The minimum Gasteiger partial charge on any atom is -0.368 e. The zero-order valence-corrected chi connectivity index (χ0v) is 11.6. The zero-order chi connectivity index (χ0) is 13.7. The summed E-state index contributed by atoms with van der Waals surface area (Å²) in [7, 11) is -3.25. The first kappa shape index (κ1) is 12.9. The second-order valence-corrected chi connectivity index (χ2v) is 7.58. The van der Waals surface area contributed by atoms with Crippen molar-refractivity contribution in [3.05, 3.63) is 29.6 Å². The van der Waals surface area contributed by atoms with Crippen molar-refractivity contribution >= 4 is 15.5 Å². The number of sulfone groups is 1. The third-order valence-electron chi connectivity index (χ3n) is 4.23. The molecule has 0 amide bonds. The second kappa shape index (κ2) is 4.18. The molecule has 4 nitrogen and oxygen atoms in total. The predicted molar refractivity (Wildman–Crippen MR) is 72.4 cm³/mol. The maximum Gasteiger partial charge on any atom is 0.169 e. The van der Waals surface area contributed by atoms with E-state index in [1.807, 2.05) is 0 Å². The topological polar surface area (TPSA) is 58.2 Å². The summed E-state index contributed by atoms with van der Waals surface area (Å²) in [5.74, 6) is -0.312. The van der Waals surface area contributed by atoms with Gasteiger partial charge in [0.1, 0.15) is 11.2 Å². The number of hydrogen-bond acceptors (Lipinski definition) is 4. The Morgan fingerprint density at radius 3 is 2.63 bits per heavy atom. The molecule has 6 heteroatoms. The molecule has 0 bridgehead atoms. The van der Waals surface area contributed by atoms with Crippen LogP contribution in [0.2, 0.25) is 0 Å². The molecule has 0 aliphatic carbocycles. The molecule has 2 aliphatic rings. The van der Waals surface area contributed by atoms with E-state index in [1.165, 1.54) is 18.4 Å². The van der Waals surface area contributed by atoms with Crippen molar-refractivity contribution < 1.29 is 12.8 Å². The maximum atomic E-state index is 13.5. The van der Waals surface area contributed by atoms with Crippen LogP contribution in [0.3, 0.4) is 0 Å². The normalized spacial score (nSPS) is 25.1. The summed E-state index contributed by atoms with van der Waals surface area (Å²) in [6.07, 6.45) is 2.65. The van der Waals surface area contributed by atoms with E-state index in [2.05, 4.69) is 10.6 Å². The summed E-state index contributed by atoms with van der Waals surface area (Å²) < 4.78 is 37.7. The van der Waals surface area contributed by atoms with Gasteiger partial charge in [0, 0.05) is 17.4 Å². The average molecular weight is 284 g/mol. The molecular formula is C13H17FN2O2S. The molecule has 0 aromatic heterocycles. The summed E-state index contributed by atoms with van der Waals surface area (Å²) in [6.45, 7) is 1.51. The third kappa shape index (κ3) is 1.94. The molecule has 1 atom stereocenters. The monoisotopic (exact) mass is 284 g/mol. The highest BCUT2D eigenvalue weighted by Gasteiger charge is 2.51. The Kier molecular flexibility index (Phi) is 2.83. The van der Waals surface area contributed by atoms with E-state index >= 15 is 0 Å². The van der Waals surface area contributed by atoms with Crippen molar-refractivity contribution in [3.8, 4) is 0 Å². The fourth-order valence-electron chi connectivity index (χ4n) is 3.40. The van der Waals surface area contributed by atoms with Gasteiger partial charge < -0.3 is 10.6 Å². The largest absolute Gasteiger partial charge is 0.368 e. The lowest BCUT2D eigenvalue weighted by Gasteiger charge is -2.38. The molecular weight excluding hydrogens is 267 g/mol. The number of halogens is 1. The van der Waals surface area contributed by atoms with Gasteiger partial charge in [0.2, 0.25) is 0 Å². The first-order chi connectivity index (χ1) is 8.93. The van der Waals surface area contributed by atoms with Crippen LogP contribution in [0.15, 0.2) is 18.2 Å². The van der Waals surface area contributed by atoms with Crippen LogP contribution in [0, 0.1) is 5.82 Å². The molecule has 3 rings (SSSR count). The van der Waals surface area contributed by atoms with E-state index in [0.29, 0.717) is 12.8 Å². The van der Waals surface area contributed by atoms with Gasteiger partial charge in [-0.1, -0.05) is 0 Å². The Bertz CT molecular complexity index is 609. The Morgan fingerprint density at radius 2 is 2.00 bits per heavy atom. The number of rotatable bonds is 1. The van der Waals surface area contributed by atoms with Gasteiger partial charge in [0.25, 0.3) is 0 Å². The van der Waals surface area contributed by atoms with E-state index in [1.54, 1.807) is 6.07 Å². The van der Waals surface area contributed by atoms with Crippen molar-refractivity contribution in [2.45, 2.75) is 23.6 Å².